The van der Waals surface area contributed by atoms with Crippen LogP contribution in [0.15, 0.2) is 28.7 Å². The number of nitrogens with zero attached hydrogens (tertiary/aromatic N) is 1. The number of carbonyl (C=O) groups excluding carboxylic acids is 2. The van der Waals surface area contributed by atoms with Gasteiger partial charge in [-0.1, -0.05) is 32.9 Å². The van der Waals surface area contributed by atoms with Crippen LogP contribution in [0.1, 0.15) is 20.8 Å². The van der Waals surface area contributed by atoms with Gasteiger partial charge in [0, 0.05) is 16.9 Å². The lowest BCUT2D eigenvalue weighted by molar-refractivity contribution is -0.140. The van der Waals surface area contributed by atoms with Crippen LogP contribution in [0, 0.1) is 5.41 Å². The van der Waals surface area contributed by atoms with E-state index in [9.17, 15) is 9.59 Å². The summed E-state index contributed by atoms with van der Waals surface area (Å²) < 4.78 is 0.813. The molecule has 1 aromatic carbocycles. The summed E-state index contributed by atoms with van der Waals surface area (Å²) in [5.74, 6) is -0.276. The van der Waals surface area contributed by atoms with Crippen LogP contribution >= 0.6 is 15.9 Å². The average Bonchev–Trinajstić information content (AvgIpc) is 2.29. The fourth-order valence-electron chi connectivity index (χ4n) is 1.61. The summed E-state index contributed by atoms with van der Waals surface area (Å²) in [7, 11) is 1.63. The number of benzene rings is 1. The van der Waals surface area contributed by atoms with Gasteiger partial charge in [0.2, 0.25) is 11.8 Å². The lowest BCUT2D eigenvalue weighted by atomic mass is 9.95. The van der Waals surface area contributed by atoms with Gasteiger partial charge in [0.25, 0.3) is 0 Å². The van der Waals surface area contributed by atoms with Crippen LogP contribution in [0.2, 0.25) is 0 Å². The molecule has 2 amide bonds. The zero-order chi connectivity index (χ0) is 14.6. The van der Waals surface area contributed by atoms with Crippen LogP contribution < -0.4 is 5.32 Å². The molecule has 0 bridgehead atoms. The van der Waals surface area contributed by atoms with Crippen LogP contribution in [0.5, 0.6) is 0 Å². The van der Waals surface area contributed by atoms with Crippen molar-refractivity contribution in [2.75, 3.05) is 18.9 Å². The van der Waals surface area contributed by atoms with Gasteiger partial charge in [-0.25, -0.2) is 0 Å². The van der Waals surface area contributed by atoms with E-state index < -0.39 is 5.41 Å². The predicted octanol–water partition coefficient (Wildman–Crippen LogP) is 2.89. The fourth-order valence-corrected chi connectivity index (χ4v) is 2.00. The molecule has 0 aliphatic rings. The minimum absolute atomic E-state index is 0.0391. The molecule has 0 heterocycles. The maximum atomic E-state index is 12.0. The number of amides is 2. The minimum Gasteiger partial charge on any atom is -0.336 e. The van der Waals surface area contributed by atoms with Crippen molar-refractivity contribution in [3.63, 3.8) is 0 Å². The Morgan fingerprint density at radius 3 is 2.37 bits per heavy atom. The number of hydrogen-bond donors (Lipinski definition) is 1. The SMILES string of the molecule is CN(CC(=O)Nc1ccccc1Br)C(=O)C(C)(C)C. The van der Waals surface area contributed by atoms with Gasteiger partial charge in [-0.3, -0.25) is 9.59 Å². The summed E-state index contributed by atoms with van der Waals surface area (Å²) in [5.41, 5.74) is 0.214. The summed E-state index contributed by atoms with van der Waals surface area (Å²) in [5, 5.41) is 2.77. The van der Waals surface area contributed by atoms with Crippen molar-refractivity contribution in [1.82, 2.24) is 4.90 Å². The molecule has 0 fully saturated rings. The minimum atomic E-state index is -0.484. The number of hydrogen-bond acceptors (Lipinski definition) is 2. The van der Waals surface area contributed by atoms with Crippen molar-refractivity contribution in [2.24, 2.45) is 5.41 Å². The van der Waals surface area contributed by atoms with Crippen molar-refractivity contribution in [1.29, 1.82) is 0 Å². The van der Waals surface area contributed by atoms with Crippen LogP contribution in [0.4, 0.5) is 5.69 Å². The number of rotatable bonds is 3. The van der Waals surface area contributed by atoms with Crippen molar-refractivity contribution in [3.8, 4) is 0 Å². The lowest BCUT2D eigenvalue weighted by Gasteiger charge is -2.25. The molecule has 0 aliphatic heterocycles. The molecule has 5 heteroatoms. The standard InChI is InChI=1S/C14H19BrN2O2/c1-14(2,3)13(19)17(4)9-12(18)16-11-8-6-5-7-10(11)15/h5-8H,9H2,1-4H3,(H,16,18). The summed E-state index contributed by atoms with van der Waals surface area (Å²) >= 11 is 3.36. The first-order valence-electron chi connectivity index (χ1n) is 6.02. The zero-order valence-corrected chi connectivity index (χ0v) is 13.2. The molecular weight excluding hydrogens is 308 g/mol. The molecule has 1 aromatic rings. The first kappa shape index (κ1) is 15.7. The molecule has 1 N–H and O–H groups in total. The van der Waals surface area contributed by atoms with Crippen LogP contribution in [0.3, 0.4) is 0 Å². The van der Waals surface area contributed by atoms with E-state index in [-0.39, 0.29) is 18.4 Å². The lowest BCUT2D eigenvalue weighted by Crippen LogP contribution is -2.41. The zero-order valence-electron chi connectivity index (χ0n) is 11.7. The van der Waals surface area contributed by atoms with Crippen LogP contribution in [0.25, 0.3) is 0 Å². The first-order chi connectivity index (χ1) is 8.71. The third-order valence-corrected chi connectivity index (χ3v) is 3.21. The highest BCUT2D eigenvalue weighted by atomic mass is 79.9. The van der Waals surface area contributed by atoms with Crippen LogP contribution in [-0.2, 0) is 9.59 Å². The molecule has 0 aromatic heterocycles. The van der Waals surface area contributed by atoms with Crippen LogP contribution in [-0.4, -0.2) is 30.3 Å². The Morgan fingerprint density at radius 2 is 1.84 bits per heavy atom. The number of carbonyl (C=O) groups is 2. The molecule has 0 radical (unpaired) electrons. The van der Waals surface area contributed by atoms with E-state index in [1.54, 1.807) is 13.1 Å². The average molecular weight is 327 g/mol. The molecule has 0 aliphatic carbocycles. The van der Waals surface area contributed by atoms with Crippen molar-refractivity contribution < 1.29 is 9.59 Å². The summed E-state index contributed by atoms with van der Waals surface area (Å²) in [6.45, 7) is 5.53. The van der Waals surface area contributed by atoms with E-state index in [0.29, 0.717) is 5.69 Å². The Morgan fingerprint density at radius 1 is 1.26 bits per heavy atom. The maximum Gasteiger partial charge on any atom is 0.244 e. The van der Waals surface area contributed by atoms with E-state index in [2.05, 4.69) is 21.2 Å². The number of para-hydroxylation sites is 1. The Hall–Kier alpha value is -1.36. The summed E-state index contributed by atoms with van der Waals surface area (Å²) in [6.07, 6.45) is 0. The van der Waals surface area contributed by atoms with E-state index in [4.69, 9.17) is 0 Å². The number of halogens is 1. The molecule has 104 valence electrons. The fraction of sp³-hybridized carbons (Fsp3) is 0.429. The smallest absolute Gasteiger partial charge is 0.244 e. The predicted molar refractivity (Wildman–Crippen MR) is 79.9 cm³/mol. The van der Waals surface area contributed by atoms with Gasteiger partial charge in [0.05, 0.1) is 12.2 Å². The number of nitrogens with one attached hydrogen (secondary N) is 1. The highest BCUT2D eigenvalue weighted by molar-refractivity contribution is 9.10. The van der Waals surface area contributed by atoms with E-state index in [0.717, 1.165) is 4.47 Å². The molecule has 0 saturated heterocycles. The Kier molecular flexibility index (Phi) is 5.11. The topological polar surface area (TPSA) is 49.4 Å². The Labute approximate surface area is 122 Å². The van der Waals surface area contributed by atoms with Gasteiger partial charge in [-0.05, 0) is 28.1 Å². The largest absolute Gasteiger partial charge is 0.336 e. The second kappa shape index (κ2) is 6.19. The highest BCUT2D eigenvalue weighted by Crippen LogP contribution is 2.21. The third-order valence-electron chi connectivity index (χ3n) is 2.52. The first-order valence-corrected chi connectivity index (χ1v) is 6.81. The number of likely N-dealkylation sites (N-methyl/N-ethyl adjacent to an activating group) is 1. The van der Waals surface area contributed by atoms with Gasteiger partial charge in [0.1, 0.15) is 0 Å². The molecule has 19 heavy (non-hydrogen) atoms. The van der Waals surface area contributed by atoms with E-state index >= 15 is 0 Å². The van der Waals surface area contributed by atoms with E-state index in [1.165, 1.54) is 4.90 Å². The molecule has 0 unspecified atom stereocenters. The van der Waals surface area contributed by atoms with Gasteiger partial charge in [-0.15, -0.1) is 0 Å². The monoisotopic (exact) mass is 326 g/mol. The summed E-state index contributed by atoms with van der Waals surface area (Å²) in [4.78, 5) is 25.3. The van der Waals surface area contributed by atoms with Crippen molar-refractivity contribution in [2.45, 2.75) is 20.8 Å². The molecule has 0 saturated carbocycles. The quantitative estimate of drug-likeness (QED) is 0.928. The highest BCUT2D eigenvalue weighted by Gasteiger charge is 2.26. The third kappa shape index (κ3) is 4.67. The van der Waals surface area contributed by atoms with Crippen molar-refractivity contribution in [3.05, 3.63) is 28.7 Å². The van der Waals surface area contributed by atoms with Crippen molar-refractivity contribution >= 4 is 33.4 Å². The number of anilines is 1. The van der Waals surface area contributed by atoms with Gasteiger partial charge >= 0.3 is 0 Å². The molecular formula is C14H19BrN2O2. The Balaban J connectivity index is 2.62. The second-order valence-corrected chi connectivity index (χ2v) is 6.29. The summed E-state index contributed by atoms with van der Waals surface area (Å²) in [6, 6.07) is 7.35. The van der Waals surface area contributed by atoms with Gasteiger partial charge in [0.15, 0.2) is 0 Å². The molecule has 0 atom stereocenters. The Bertz CT molecular complexity index is 481. The molecule has 1 rings (SSSR count). The maximum absolute atomic E-state index is 12.0. The molecule has 0 spiro atoms. The normalized spacial score (nSPS) is 11.0. The molecule has 4 nitrogen and oxygen atoms in total. The second-order valence-electron chi connectivity index (χ2n) is 5.44. The van der Waals surface area contributed by atoms with Gasteiger partial charge < -0.3 is 10.2 Å². The van der Waals surface area contributed by atoms with Gasteiger partial charge in [-0.2, -0.15) is 0 Å². The van der Waals surface area contributed by atoms with E-state index in [1.807, 2.05) is 39.0 Å².